The summed E-state index contributed by atoms with van der Waals surface area (Å²) in [4.78, 5) is 30.5. The fraction of sp³-hybridized carbons (Fsp3) is 0.250. The Hall–Kier alpha value is -2.88. The molecule has 1 heterocycles. The Morgan fingerprint density at radius 3 is 2.67 bits per heavy atom. The second-order valence-corrected chi connectivity index (χ2v) is 7.57. The lowest BCUT2D eigenvalue weighted by atomic mass is 10.1. The van der Waals surface area contributed by atoms with Crippen molar-refractivity contribution in [2.75, 3.05) is 38.9 Å². The Kier molecular flexibility index (Phi) is 7.09. The van der Waals surface area contributed by atoms with Gasteiger partial charge in [0.2, 0.25) is 0 Å². The van der Waals surface area contributed by atoms with E-state index in [1.807, 2.05) is 24.3 Å². The number of carbonyl (C=O) groups excluding carboxylic acids is 2. The van der Waals surface area contributed by atoms with Gasteiger partial charge in [0, 0.05) is 12.7 Å². The van der Waals surface area contributed by atoms with Crippen LogP contribution < -0.4 is 20.1 Å². The highest BCUT2D eigenvalue weighted by atomic mass is 35.5. The molecule has 2 amide bonds. The number of methoxy groups -OCH3 is 2. The Labute approximate surface area is 182 Å². The molecule has 3 rings (SSSR count). The van der Waals surface area contributed by atoms with Crippen molar-refractivity contribution < 1.29 is 23.8 Å². The third kappa shape index (κ3) is 4.81. The van der Waals surface area contributed by atoms with Crippen LogP contribution in [0.15, 0.2) is 36.4 Å². The van der Waals surface area contributed by atoms with Crippen LogP contribution in [0, 0.1) is 0 Å². The first-order chi connectivity index (χ1) is 14.4. The van der Waals surface area contributed by atoms with Crippen molar-refractivity contribution in [3.05, 3.63) is 47.0 Å². The normalized spacial score (nSPS) is 10.8. The van der Waals surface area contributed by atoms with Crippen LogP contribution in [-0.2, 0) is 9.53 Å². The molecule has 3 aromatic rings. The molecule has 0 aliphatic heterocycles. The molecular weight excluding hydrogens is 430 g/mol. The number of para-hydroxylation sites is 1. The summed E-state index contributed by atoms with van der Waals surface area (Å²) in [7, 11) is 2.97. The van der Waals surface area contributed by atoms with Crippen LogP contribution in [0.5, 0.6) is 11.5 Å². The maximum Gasteiger partial charge on any atom is 0.260 e. The highest BCUT2D eigenvalue weighted by Gasteiger charge is 2.24. The van der Waals surface area contributed by atoms with Crippen molar-refractivity contribution in [1.82, 2.24) is 4.98 Å². The second kappa shape index (κ2) is 9.75. The van der Waals surface area contributed by atoms with Gasteiger partial charge in [0.15, 0.2) is 23.2 Å². The zero-order valence-electron chi connectivity index (χ0n) is 16.4. The molecular formula is C20H20ClN3O5S. The summed E-state index contributed by atoms with van der Waals surface area (Å²) in [5.74, 6) is -0.636. The van der Waals surface area contributed by atoms with Crippen LogP contribution in [0.25, 0.3) is 10.2 Å². The minimum absolute atomic E-state index is 0.120. The predicted octanol–water partition coefficient (Wildman–Crippen LogP) is 3.12. The summed E-state index contributed by atoms with van der Waals surface area (Å²) >= 11 is 7.70. The van der Waals surface area contributed by atoms with Crippen molar-refractivity contribution in [1.29, 1.82) is 0 Å². The molecule has 0 radical (unpaired) electrons. The number of fused-ring (bicyclic) bond motifs is 1. The number of carbonyl (C=O) groups is 2. The maximum atomic E-state index is 13.3. The van der Waals surface area contributed by atoms with Crippen LogP contribution in [-0.4, -0.2) is 50.8 Å². The zero-order valence-corrected chi connectivity index (χ0v) is 18.0. The number of hydrogen-bond donors (Lipinski definition) is 1. The average Bonchev–Trinajstić information content (AvgIpc) is 3.16. The van der Waals surface area contributed by atoms with E-state index < -0.39 is 5.91 Å². The number of benzene rings is 2. The fourth-order valence-electron chi connectivity index (χ4n) is 2.72. The number of thiazole rings is 1. The predicted molar refractivity (Wildman–Crippen MR) is 116 cm³/mol. The van der Waals surface area contributed by atoms with E-state index >= 15 is 0 Å². The maximum absolute atomic E-state index is 13.3. The van der Waals surface area contributed by atoms with Crippen molar-refractivity contribution in [3.8, 4) is 11.5 Å². The van der Waals surface area contributed by atoms with E-state index in [1.54, 1.807) is 7.11 Å². The molecule has 0 saturated carbocycles. The molecule has 30 heavy (non-hydrogen) atoms. The first kappa shape index (κ1) is 21.8. The van der Waals surface area contributed by atoms with Crippen molar-refractivity contribution in [3.63, 3.8) is 0 Å². The fourth-order valence-corrected chi connectivity index (χ4v) is 3.98. The zero-order chi connectivity index (χ0) is 21.7. The van der Waals surface area contributed by atoms with Gasteiger partial charge in [-0.1, -0.05) is 35.1 Å². The van der Waals surface area contributed by atoms with E-state index in [9.17, 15) is 9.59 Å². The lowest BCUT2D eigenvalue weighted by molar-refractivity contribution is -0.119. The summed E-state index contributed by atoms with van der Waals surface area (Å²) in [5.41, 5.74) is 6.20. The minimum atomic E-state index is -0.658. The number of primary amides is 1. The van der Waals surface area contributed by atoms with Gasteiger partial charge in [-0.3, -0.25) is 14.5 Å². The SMILES string of the molecule is COCCN(C(=O)c1cc(Cl)c(OCC(N)=O)c(OC)c1)c1nc2ccccc2s1. The number of amides is 2. The van der Waals surface area contributed by atoms with Crippen LogP contribution in [0.4, 0.5) is 5.13 Å². The summed E-state index contributed by atoms with van der Waals surface area (Å²) in [6.07, 6.45) is 0. The lowest BCUT2D eigenvalue weighted by Gasteiger charge is -2.20. The molecule has 0 unspecified atom stereocenters. The molecule has 0 aliphatic carbocycles. The number of anilines is 1. The summed E-state index contributed by atoms with van der Waals surface area (Å²) < 4.78 is 16.7. The molecule has 0 bridgehead atoms. The van der Waals surface area contributed by atoms with Gasteiger partial charge in [0.25, 0.3) is 11.8 Å². The van der Waals surface area contributed by atoms with Crippen LogP contribution >= 0.6 is 22.9 Å². The highest BCUT2D eigenvalue weighted by molar-refractivity contribution is 7.22. The molecule has 0 atom stereocenters. The molecule has 8 nitrogen and oxygen atoms in total. The summed E-state index contributed by atoms with van der Waals surface area (Å²) in [6, 6.07) is 10.6. The van der Waals surface area contributed by atoms with Gasteiger partial charge in [0.05, 0.1) is 35.5 Å². The number of aromatic nitrogens is 1. The molecule has 0 saturated heterocycles. The summed E-state index contributed by atoms with van der Waals surface area (Å²) in [5, 5.41) is 0.664. The topological polar surface area (TPSA) is 104 Å². The van der Waals surface area contributed by atoms with Gasteiger partial charge in [-0.2, -0.15) is 0 Å². The standard InChI is InChI=1S/C20H20ClN3O5S/c1-27-8-7-24(20-23-14-5-3-4-6-16(14)30-20)19(26)12-9-13(21)18(15(10-12)28-2)29-11-17(22)25/h3-6,9-10H,7-8,11H2,1-2H3,(H2,22,25). The first-order valence-corrected chi connectivity index (χ1v) is 10.1. The number of rotatable bonds is 9. The summed E-state index contributed by atoms with van der Waals surface area (Å²) in [6.45, 7) is 0.260. The number of ether oxygens (including phenoxy) is 3. The van der Waals surface area contributed by atoms with E-state index in [0.717, 1.165) is 10.2 Å². The van der Waals surface area contributed by atoms with Crippen LogP contribution in [0.2, 0.25) is 5.02 Å². The number of nitrogens with two attached hydrogens (primary N) is 1. The monoisotopic (exact) mass is 449 g/mol. The van der Waals surface area contributed by atoms with Crippen molar-refractivity contribution in [2.45, 2.75) is 0 Å². The van der Waals surface area contributed by atoms with Crippen LogP contribution in [0.1, 0.15) is 10.4 Å². The molecule has 0 aliphatic rings. The molecule has 10 heteroatoms. The minimum Gasteiger partial charge on any atom is -0.493 e. The highest BCUT2D eigenvalue weighted by Crippen LogP contribution is 2.37. The van der Waals surface area contributed by atoms with Crippen molar-refractivity contribution >= 4 is 50.1 Å². The Morgan fingerprint density at radius 2 is 2.00 bits per heavy atom. The van der Waals surface area contributed by atoms with Gasteiger partial charge in [-0.15, -0.1) is 0 Å². The van der Waals surface area contributed by atoms with E-state index in [-0.39, 0.29) is 34.6 Å². The Morgan fingerprint density at radius 1 is 1.23 bits per heavy atom. The van der Waals surface area contributed by atoms with Gasteiger partial charge < -0.3 is 19.9 Å². The van der Waals surface area contributed by atoms with Gasteiger partial charge in [-0.25, -0.2) is 4.98 Å². The Balaban J connectivity index is 1.97. The van der Waals surface area contributed by atoms with E-state index in [2.05, 4.69) is 4.98 Å². The van der Waals surface area contributed by atoms with Gasteiger partial charge >= 0.3 is 0 Å². The molecule has 2 N–H and O–H groups in total. The molecule has 158 valence electrons. The second-order valence-electron chi connectivity index (χ2n) is 6.16. The molecule has 1 aromatic heterocycles. The number of hydrogen-bond acceptors (Lipinski definition) is 7. The lowest BCUT2D eigenvalue weighted by Crippen LogP contribution is -2.34. The molecule has 0 spiro atoms. The third-order valence-electron chi connectivity index (χ3n) is 4.11. The van der Waals surface area contributed by atoms with E-state index in [4.69, 9.17) is 31.5 Å². The number of nitrogens with zero attached hydrogens (tertiary/aromatic N) is 2. The molecule has 2 aromatic carbocycles. The van der Waals surface area contributed by atoms with E-state index in [1.165, 1.54) is 35.5 Å². The third-order valence-corrected chi connectivity index (χ3v) is 5.45. The average molecular weight is 450 g/mol. The van der Waals surface area contributed by atoms with E-state index in [0.29, 0.717) is 18.3 Å². The number of halogens is 1. The Bertz CT molecular complexity index is 1040. The van der Waals surface area contributed by atoms with Crippen LogP contribution in [0.3, 0.4) is 0 Å². The van der Waals surface area contributed by atoms with Gasteiger partial charge in [-0.05, 0) is 24.3 Å². The quantitative estimate of drug-likeness (QED) is 0.538. The first-order valence-electron chi connectivity index (χ1n) is 8.89. The van der Waals surface area contributed by atoms with Crippen molar-refractivity contribution in [2.24, 2.45) is 5.73 Å². The smallest absolute Gasteiger partial charge is 0.260 e. The molecule has 0 fully saturated rings. The largest absolute Gasteiger partial charge is 0.493 e. The van der Waals surface area contributed by atoms with Gasteiger partial charge in [0.1, 0.15) is 0 Å².